The summed E-state index contributed by atoms with van der Waals surface area (Å²) in [5.74, 6) is 1.68. The highest BCUT2D eigenvalue weighted by molar-refractivity contribution is 5.52. The number of benzene rings is 1. The number of aromatic nitrogens is 1. The molecule has 0 amide bonds. The Labute approximate surface area is 118 Å². The zero-order valence-electron chi connectivity index (χ0n) is 11.8. The van der Waals surface area contributed by atoms with Crippen molar-refractivity contribution in [2.24, 2.45) is 0 Å². The predicted molar refractivity (Wildman–Crippen MR) is 78.5 cm³/mol. The summed E-state index contributed by atoms with van der Waals surface area (Å²) in [6.07, 6.45) is 0. The third-order valence-electron chi connectivity index (χ3n) is 3.34. The van der Waals surface area contributed by atoms with Crippen LogP contribution in [-0.2, 0) is 6.54 Å². The lowest BCUT2D eigenvalue weighted by Crippen LogP contribution is -2.17. The molecular formula is C16H18N2O2. The number of nitrogens with one attached hydrogen (secondary N) is 1. The Kier molecular flexibility index (Phi) is 3.46. The third kappa shape index (κ3) is 2.54. The van der Waals surface area contributed by atoms with E-state index in [4.69, 9.17) is 9.47 Å². The molecule has 3 rings (SSSR count). The molecule has 1 aromatic heterocycles. The van der Waals surface area contributed by atoms with E-state index in [2.05, 4.69) is 22.4 Å². The Bertz CT molecular complexity index is 626. The Hall–Kier alpha value is -2.23. The zero-order chi connectivity index (χ0) is 13.9. The highest BCUT2D eigenvalue weighted by atomic mass is 16.6. The fraction of sp³-hybridized carbons (Fsp3) is 0.312. The van der Waals surface area contributed by atoms with Crippen LogP contribution in [0.15, 0.2) is 30.3 Å². The minimum Gasteiger partial charge on any atom is -0.486 e. The van der Waals surface area contributed by atoms with E-state index < -0.39 is 0 Å². The average Bonchev–Trinajstić information content (AvgIpc) is 2.46. The van der Waals surface area contributed by atoms with Crippen LogP contribution in [0.4, 0.5) is 5.69 Å². The van der Waals surface area contributed by atoms with E-state index in [0.717, 1.165) is 34.1 Å². The second-order valence-electron chi connectivity index (χ2n) is 4.88. The van der Waals surface area contributed by atoms with Crippen LogP contribution in [0.3, 0.4) is 0 Å². The molecule has 1 N–H and O–H groups in total. The van der Waals surface area contributed by atoms with Crippen LogP contribution in [0.2, 0.25) is 0 Å². The van der Waals surface area contributed by atoms with Crippen LogP contribution in [0.1, 0.15) is 17.0 Å². The van der Waals surface area contributed by atoms with Crippen molar-refractivity contribution in [3.63, 3.8) is 0 Å². The molecule has 4 nitrogen and oxygen atoms in total. The number of hydrogen-bond donors (Lipinski definition) is 1. The van der Waals surface area contributed by atoms with Crippen molar-refractivity contribution in [1.82, 2.24) is 4.98 Å². The van der Waals surface area contributed by atoms with Crippen molar-refractivity contribution in [3.8, 4) is 11.5 Å². The van der Waals surface area contributed by atoms with E-state index in [1.54, 1.807) is 0 Å². The minimum absolute atomic E-state index is 0.606. The topological polar surface area (TPSA) is 43.4 Å². The number of para-hydroxylation sites is 1. The monoisotopic (exact) mass is 270 g/mol. The van der Waals surface area contributed by atoms with Gasteiger partial charge in [0.1, 0.15) is 13.2 Å². The van der Waals surface area contributed by atoms with Crippen LogP contribution >= 0.6 is 0 Å². The Balaban J connectivity index is 1.78. The fourth-order valence-electron chi connectivity index (χ4n) is 2.34. The summed E-state index contributed by atoms with van der Waals surface area (Å²) in [5.41, 5.74) is 4.18. The summed E-state index contributed by atoms with van der Waals surface area (Å²) in [4.78, 5) is 4.45. The lowest BCUT2D eigenvalue weighted by atomic mass is 10.1. The Morgan fingerprint density at radius 3 is 2.80 bits per heavy atom. The second kappa shape index (κ2) is 5.41. The first-order valence-electron chi connectivity index (χ1n) is 6.79. The number of ether oxygens (including phenoxy) is 2. The largest absolute Gasteiger partial charge is 0.486 e. The number of nitrogens with zero attached hydrogens (tertiary/aromatic N) is 1. The minimum atomic E-state index is 0.606. The molecule has 104 valence electrons. The maximum atomic E-state index is 5.71. The SMILES string of the molecule is Cc1ccc(NCc2cccc3c2OCCO3)c(C)n1. The molecular weight excluding hydrogens is 252 g/mol. The summed E-state index contributed by atoms with van der Waals surface area (Å²) in [6, 6.07) is 10.1. The van der Waals surface area contributed by atoms with Gasteiger partial charge in [0.2, 0.25) is 0 Å². The van der Waals surface area contributed by atoms with Crippen LogP contribution in [0, 0.1) is 13.8 Å². The van der Waals surface area contributed by atoms with E-state index >= 15 is 0 Å². The van der Waals surface area contributed by atoms with Gasteiger partial charge in [0.25, 0.3) is 0 Å². The summed E-state index contributed by atoms with van der Waals surface area (Å²) >= 11 is 0. The molecule has 0 saturated heterocycles. The molecule has 20 heavy (non-hydrogen) atoms. The number of pyridine rings is 1. The summed E-state index contributed by atoms with van der Waals surface area (Å²) < 4.78 is 11.3. The molecule has 0 spiro atoms. The quantitative estimate of drug-likeness (QED) is 0.930. The molecule has 2 aromatic rings. The van der Waals surface area contributed by atoms with E-state index in [1.165, 1.54) is 0 Å². The van der Waals surface area contributed by atoms with Crippen LogP contribution in [0.25, 0.3) is 0 Å². The van der Waals surface area contributed by atoms with Crippen molar-refractivity contribution >= 4 is 5.69 Å². The molecule has 0 saturated carbocycles. The number of rotatable bonds is 3. The molecule has 0 aliphatic carbocycles. The highest BCUT2D eigenvalue weighted by Crippen LogP contribution is 2.34. The van der Waals surface area contributed by atoms with Gasteiger partial charge in [-0.2, -0.15) is 0 Å². The summed E-state index contributed by atoms with van der Waals surface area (Å²) in [7, 11) is 0. The molecule has 0 bridgehead atoms. The Morgan fingerprint density at radius 1 is 1.10 bits per heavy atom. The van der Waals surface area contributed by atoms with Crippen molar-refractivity contribution in [1.29, 1.82) is 0 Å². The molecule has 1 aliphatic heterocycles. The smallest absolute Gasteiger partial charge is 0.166 e. The van der Waals surface area contributed by atoms with Gasteiger partial charge in [-0.15, -0.1) is 0 Å². The number of fused-ring (bicyclic) bond motifs is 1. The van der Waals surface area contributed by atoms with Gasteiger partial charge in [-0.1, -0.05) is 12.1 Å². The molecule has 2 heterocycles. The van der Waals surface area contributed by atoms with Gasteiger partial charge in [0.15, 0.2) is 11.5 Å². The first-order chi connectivity index (χ1) is 9.74. The molecule has 1 aromatic carbocycles. The summed E-state index contributed by atoms with van der Waals surface area (Å²) in [5, 5.41) is 3.41. The first kappa shape index (κ1) is 12.8. The average molecular weight is 270 g/mol. The van der Waals surface area contributed by atoms with Crippen molar-refractivity contribution in [2.75, 3.05) is 18.5 Å². The van der Waals surface area contributed by atoms with Crippen molar-refractivity contribution in [2.45, 2.75) is 20.4 Å². The number of hydrogen-bond acceptors (Lipinski definition) is 4. The molecule has 0 atom stereocenters. The molecule has 0 radical (unpaired) electrons. The van der Waals surface area contributed by atoms with E-state index in [-0.39, 0.29) is 0 Å². The summed E-state index contributed by atoms with van der Waals surface area (Å²) in [6.45, 7) is 5.92. The third-order valence-corrected chi connectivity index (χ3v) is 3.34. The van der Waals surface area contributed by atoms with Gasteiger partial charge >= 0.3 is 0 Å². The van der Waals surface area contributed by atoms with Gasteiger partial charge in [-0.05, 0) is 32.0 Å². The van der Waals surface area contributed by atoms with E-state index in [1.807, 2.05) is 32.0 Å². The number of aryl methyl sites for hydroxylation is 2. The predicted octanol–water partition coefficient (Wildman–Crippen LogP) is 3.08. The standard InChI is InChI=1S/C16H18N2O2/c1-11-6-7-14(12(2)18-11)17-10-13-4-3-5-15-16(13)20-9-8-19-15/h3-7,17H,8-10H2,1-2H3. The normalized spacial score (nSPS) is 13.1. The van der Waals surface area contributed by atoms with Gasteiger partial charge in [-0.3, -0.25) is 4.98 Å². The maximum absolute atomic E-state index is 5.71. The fourth-order valence-corrected chi connectivity index (χ4v) is 2.34. The lowest BCUT2D eigenvalue weighted by molar-refractivity contribution is 0.170. The zero-order valence-corrected chi connectivity index (χ0v) is 11.8. The van der Waals surface area contributed by atoms with Crippen molar-refractivity contribution < 1.29 is 9.47 Å². The van der Waals surface area contributed by atoms with Crippen molar-refractivity contribution in [3.05, 3.63) is 47.3 Å². The maximum Gasteiger partial charge on any atom is 0.166 e. The highest BCUT2D eigenvalue weighted by Gasteiger charge is 2.15. The van der Waals surface area contributed by atoms with E-state index in [0.29, 0.717) is 19.8 Å². The number of anilines is 1. The molecule has 0 unspecified atom stereocenters. The van der Waals surface area contributed by atoms with Gasteiger partial charge < -0.3 is 14.8 Å². The molecule has 1 aliphatic rings. The van der Waals surface area contributed by atoms with Gasteiger partial charge in [0, 0.05) is 17.8 Å². The van der Waals surface area contributed by atoms with Crippen LogP contribution in [-0.4, -0.2) is 18.2 Å². The van der Waals surface area contributed by atoms with E-state index in [9.17, 15) is 0 Å². The lowest BCUT2D eigenvalue weighted by Gasteiger charge is -2.21. The second-order valence-corrected chi connectivity index (χ2v) is 4.88. The van der Waals surface area contributed by atoms with Crippen LogP contribution in [0.5, 0.6) is 11.5 Å². The Morgan fingerprint density at radius 2 is 1.95 bits per heavy atom. The van der Waals surface area contributed by atoms with Gasteiger partial charge in [-0.25, -0.2) is 0 Å². The molecule has 4 heteroatoms. The molecule has 0 fully saturated rings. The first-order valence-corrected chi connectivity index (χ1v) is 6.79. The van der Waals surface area contributed by atoms with Crippen LogP contribution < -0.4 is 14.8 Å². The van der Waals surface area contributed by atoms with Gasteiger partial charge in [0.05, 0.1) is 11.4 Å².